The first-order chi connectivity index (χ1) is 15.7. The third-order valence-electron chi connectivity index (χ3n) is 8.64. The summed E-state index contributed by atoms with van der Waals surface area (Å²) in [5.74, 6) is 0.539. The van der Waals surface area contributed by atoms with Crippen LogP contribution in [-0.2, 0) is 34.4 Å². The molecule has 0 radical (unpaired) electrons. The Morgan fingerprint density at radius 3 is 1.78 bits per heavy atom. The molecule has 0 spiro atoms. The molecule has 2 aliphatic rings. The molecule has 4 heteroatoms. The van der Waals surface area contributed by atoms with Crippen molar-refractivity contribution in [2.75, 3.05) is 0 Å². The van der Waals surface area contributed by atoms with Crippen LogP contribution in [0.4, 0.5) is 0 Å². The van der Waals surface area contributed by atoms with E-state index in [-0.39, 0.29) is 41.1 Å². The predicted molar refractivity (Wildman–Crippen MR) is 171 cm³/mol. The van der Waals surface area contributed by atoms with Crippen LogP contribution in [0.3, 0.4) is 0 Å². The quantitative estimate of drug-likeness (QED) is 0.232. The van der Waals surface area contributed by atoms with Gasteiger partial charge in [0.2, 0.25) is 0 Å². The van der Waals surface area contributed by atoms with Crippen molar-refractivity contribution in [3.63, 3.8) is 0 Å². The van der Waals surface area contributed by atoms with Gasteiger partial charge in [-0.1, -0.05) is 0 Å². The van der Waals surface area contributed by atoms with Crippen molar-refractivity contribution in [1.82, 2.24) is 0 Å². The Kier molecular flexibility index (Phi) is 8.77. The zero-order chi connectivity index (χ0) is 26.4. The first kappa shape index (κ1) is 32.8. The molecule has 1 unspecified atom stereocenters. The molecule has 1 atom stereocenters. The van der Waals surface area contributed by atoms with Gasteiger partial charge in [-0.2, -0.15) is 0 Å². The topological polar surface area (TPSA) is 0 Å². The van der Waals surface area contributed by atoms with Gasteiger partial charge < -0.3 is 0 Å². The number of rotatable bonds is 2. The monoisotopic (exact) mass is 724 g/mol. The average Bonchev–Trinajstić information content (AvgIpc) is 3.26. The van der Waals surface area contributed by atoms with Gasteiger partial charge >= 0.3 is 219 Å². The van der Waals surface area contributed by atoms with Crippen molar-refractivity contribution in [2.45, 2.75) is 95.8 Å². The molecule has 0 aliphatic heterocycles. The number of hydrogen-bond donors (Lipinski definition) is 0. The largest absolute Gasteiger partial charge is 0.147 e. The van der Waals surface area contributed by atoms with Crippen molar-refractivity contribution in [1.29, 1.82) is 0 Å². The van der Waals surface area contributed by atoms with E-state index < -0.39 is 17.1 Å². The predicted octanol–water partition coefficient (Wildman–Crippen LogP) is 9.16. The van der Waals surface area contributed by atoms with Gasteiger partial charge in [-0.15, -0.1) is 24.8 Å². The van der Waals surface area contributed by atoms with Gasteiger partial charge in [0.15, 0.2) is 0 Å². The summed E-state index contributed by atoms with van der Waals surface area (Å²) in [5.41, 5.74) is 11.1. The van der Waals surface area contributed by atoms with Crippen LogP contribution in [0.2, 0.25) is 9.36 Å². The molecule has 0 aromatic heterocycles. The third-order valence-corrected chi connectivity index (χ3v) is 31.7. The smallest absolute Gasteiger partial charge is 0.147 e. The summed E-state index contributed by atoms with van der Waals surface area (Å²) < 4.78 is 8.93. The van der Waals surface area contributed by atoms with E-state index in [0.29, 0.717) is 5.92 Å². The van der Waals surface area contributed by atoms with Crippen LogP contribution in [0.5, 0.6) is 0 Å². The van der Waals surface area contributed by atoms with Crippen LogP contribution in [0.15, 0.2) is 51.4 Å². The molecular formula is C33H50Cl2HfSi. The van der Waals surface area contributed by atoms with E-state index in [4.69, 9.17) is 0 Å². The second kappa shape index (κ2) is 9.90. The summed E-state index contributed by atoms with van der Waals surface area (Å²) in [7, 11) is 0. The van der Waals surface area contributed by atoms with Gasteiger partial charge in [-0.05, 0) is 0 Å². The second-order valence-corrected chi connectivity index (χ2v) is 56.2. The van der Waals surface area contributed by atoms with Crippen LogP contribution >= 0.6 is 24.8 Å². The van der Waals surface area contributed by atoms with Crippen LogP contribution in [0.1, 0.15) is 91.5 Å². The molecule has 0 N–H and O–H groups in total. The fourth-order valence-electron chi connectivity index (χ4n) is 6.18. The van der Waals surface area contributed by atoms with Crippen molar-refractivity contribution < 1.29 is 17.1 Å². The van der Waals surface area contributed by atoms with Gasteiger partial charge in [0.05, 0.1) is 0 Å². The Labute approximate surface area is 242 Å². The molecule has 37 heavy (non-hydrogen) atoms. The molecular weight excluding hydrogens is 674 g/mol. The molecule has 0 bridgehead atoms. The minimum absolute atomic E-state index is 0. The normalized spacial score (nSPS) is 17.8. The Morgan fingerprint density at radius 1 is 0.757 bits per heavy atom. The van der Waals surface area contributed by atoms with Crippen LogP contribution < -0.4 is 3.32 Å². The zero-order valence-electron chi connectivity index (χ0n) is 25.3. The molecule has 0 fully saturated rings. The Balaban J connectivity index is 0.00000241. The van der Waals surface area contributed by atoms with Gasteiger partial charge in [0, 0.05) is 0 Å². The van der Waals surface area contributed by atoms with Crippen LogP contribution in [0.25, 0.3) is 11.1 Å². The average molecular weight is 724 g/mol. The fraction of sp³-hybridized carbons (Fsp3) is 0.515. The number of halogens is 2. The van der Waals surface area contributed by atoms with Crippen LogP contribution in [0, 0.1) is 11.3 Å². The van der Waals surface area contributed by atoms with E-state index in [1.54, 1.807) is 12.2 Å². The van der Waals surface area contributed by atoms with E-state index in [2.05, 4.69) is 128 Å². The molecule has 2 aromatic carbocycles. The third kappa shape index (κ3) is 5.89. The maximum absolute atomic E-state index is 3.63. The van der Waals surface area contributed by atoms with Crippen LogP contribution in [-0.4, -0.2) is 6.94 Å². The summed E-state index contributed by atoms with van der Waals surface area (Å²) in [6, 6.07) is 12.5. The van der Waals surface area contributed by atoms with Gasteiger partial charge in [-0.25, -0.2) is 0 Å². The fourth-order valence-corrected chi connectivity index (χ4v) is 27.6. The second-order valence-electron chi connectivity index (χ2n) is 15.5. The number of benzene rings is 2. The Hall–Kier alpha value is -0.413. The van der Waals surface area contributed by atoms with Crippen molar-refractivity contribution in [3.05, 3.63) is 73.6 Å². The zero-order valence-corrected chi connectivity index (χ0v) is 32.0. The van der Waals surface area contributed by atoms with Gasteiger partial charge in [-0.3, -0.25) is 0 Å². The van der Waals surface area contributed by atoms with Crippen molar-refractivity contribution in [2.24, 2.45) is 11.3 Å². The molecule has 0 amide bonds. The number of hydrogen-bond acceptors (Lipinski definition) is 0. The summed E-state index contributed by atoms with van der Waals surface area (Å²) >= 11 is -3.63. The Bertz CT molecular complexity index is 1350. The summed E-state index contributed by atoms with van der Waals surface area (Å²) in [6.45, 7) is 26.1. The number of fused-ring (bicyclic) bond motifs is 3. The maximum atomic E-state index is 2.71. The molecule has 2 aromatic rings. The standard InChI is InChI=1S/C21H25.C10H15.2CH3.2ClH.Hf.H2Si/c1-20(2,3)16-9-7-14-11-15-8-10-17(21(4,5)6)13-19(15)18(14)12-16;1-8-5-6-9(7-8)10(2,3)4;;;;;;/h7,9-10,12-13H,11H2,1-6H3;6-8H,1-4H3;2*1H3;2*1H;;1H2. The summed E-state index contributed by atoms with van der Waals surface area (Å²) in [4.78, 5) is 0. The molecule has 0 nitrogen and oxygen atoms in total. The Morgan fingerprint density at radius 2 is 1.30 bits per heavy atom. The maximum Gasteiger partial charge on any atom is -0.147 e. The molecule has 0 saturated heterocycles. The van der Waals surface area contributed by atoms with Gasteiger partial charge in [0.25, 0.3) is 0 Å². The summed E-state index contributed by atoms with van der Waals surface area (Å²) in [5, 5.41) is 0. The minimum Gasteiger partial charge on any atom is -0.147 e. The van der Waals surface area contributed by atoms with Gasteiger partial charge in [0.1, 0.15) is 0 Å². The minimum atomic E-state index is -3.63. The van der Waals surface area contributed by atoms with Crippen molar-refractivity contribution >= 4 is 35.1 Å². The first-order valence-electron chi connectivity index (χ1n) is 13.5. The van der Waals surface area contributed by atoms with E-state index in [1.807, 2.05) is 0 Å². The van der Waals surface area contributed by atoms with E-state index in [1.165, 1.54) is 33.4 Å². The van der Waals surface area contributed by atoms with Crippen molar-refractivity contribution in [3.8, 4) is 11.1 Å². The molecule has 204 valence electrons. The molecule has 4 rings (SSSR count). The SMILES string of the molecule is CC1C=C(C(C)(C)C)C=[C]1[Hf]([CH3])([CH3])(=[SiH2])[c]1cc(C(C)(C)C)cc2c1Cc1ccc(C(C)(C)C)cc1-2.Cl.Cl. The molecule has 0 saturated carbocycles. The number of allylic oxidation sites excluding steroid dienone is 4. The van der Waals surface area contributed by atoms with E-state index >= 15 is 0 Å². The first-order valence-corrected chi connectivity index (χ1v) is 32.6. The molecule has 2 aliphatic carbocycles. The molecule has 0 heterocycles. The summed E-state index contributed by atoms with van der Waals surface area (Å²) in [6.07, 6.45) is 6.27. The van der Waals surface area contributed by atoms with E-state index in [9.17, 15) is 0 Å². The van der Waals surface area contributed by atoms with E-state index in [0.717, 1.165) is 6.42 Å².